The number of aliphatic carboxylic acids is 1. The monoisotopic (exact) mass is 220 g/mol. The fourth-order valence-corrected chi connectivity index (χ4v) is 3.08. The summed E-state index contributed by atoms with van der Waals surface area (Å²) in [7, 11) is 0. The third-order valence-electron chi connectivity index (χ3n) is 3.77. The molecule has 0 amide bonds. The Morgan fingerprint density at radius 1 is 1.56 bits per heavy atom. The summed E-state index contributed by atoms with van der Waals surface area (Å²) in [5, 5.41) is 18.1. The number of nitrogens with zero attached hydrogens (tertiary/aromatic N) is 2. The summed E-state index contributed by atoms with van der Waals surface area (Å²) in [5.74, 6) is -0.745. The number of carboxylic acids is 1. The van der Waals surface area contributed by atoms with Crippen molar-refractivity contribution in [1.29, 1.82) is 5.26 Å². The van der Waals surface area contributed by atoms with Crippen LogP contribution in [-0.2, 0) is 4.79 Å². The van der Waals surface area contributed by atoms with Crippen molar-refractivity contribution in [3.05, 3.63) is 11.1 Å². The highest BCUT2D eigenvalue weighted by Gasteiger charge is 2.39. The summed E-state index contributed by atoms with van der Waals surface area (Å²) >= 11 is 0. The van der Waals surface area contributed by atoms with Gasteiger partial charge in [-0.1, -0.05) is 6.92 Å². The number of hydrogen-bond acceptors (Lipinski definition) is 3. The van der Waals surface area contributed by atoms with Crippen LogP contribution in [0.2, 0.25) is 0 Å². The van der Waals surface area contributed by atoms with Gasteiger partial charge >= 0.3 is 5.97 Å². The van der Waals surface area contributed by atoms with E-state index >= 15 is 0 Å². The smallest absolute Gasteiger partial charge is 0.346 e. The topological polar surface area (TPSA) is 64.3 Å². The van der Waals surface area contributed by atoms with Crippen LogP contribution in [0.25, 0.3) is 0 Å². The van der Waals surface area contributed by atoms with Crippen molar-refractivity contribution in [3.8, 4) is 6.07 Å². The minimum absolute atomic E-state index is 0.0127. The van der Waals surface area contributed by atoms with Crippen molar-refractivity contribution in [1.82, 2.24) is 4.90 Å². The van der Waals surface area contributed by atoms with E-state index in [-0.39, 0.29) is 11.6 Å². The molecule has 3 rings (SSSR count). The normalized spacial score (nSPS) is 35.6. The lowest BCUT2D eigenvalue weighted by Gasteiger charge is -2.47. The summed E-state index contributed by atoms with van der Waals surface area (Å²) in [5.41, 5.74) is 0.872. The maximum absolute atomic E-state index is 11.1. The Labute approximate surface area is 95.2 Å². The van der Waals surface area contributed by atoms with Crippen LogP contribution >= 0.6 is 0 Å². The first-order valence-electron chi connectivity index (χ1n) is 5.80. The molecule has 0 aromatic rings. The Morgan fingerprint density at radius 3 is 2.62 bits per heavy atom. The minimum Gasteiger partial charge on any atom is -0.477 e. The van der Waals surface area contributed by atoms with Gasteiger partial charge in [0, 0.05) is 6.04 Å². The fourth-order valence-electron chi connectivity index (χ4n) is 3.08. The molecule has 0 aromatic heterocycles. The van der Waals surface area contributed by atoms with Crippen molar-refractivity contribution < 1.29 is 9.90 Å². The molecule has 86 valence electrons. The van der Waals surface area contributed by atoms with E-state index in [2.05, 4.69) is 11.8 Å². The lowest BCUT2D eigenvalue weighted by atomic mass is 9.75. The van der Waals surface area contributed by atoms with Gasteiger partial charge in [-0.2, -0.15) is 5.26 Å². The first kappa shape index (κ1) is 11.2. The Hall–Kier alpha value is -1.34. The van der Waals surface area contributed by atoms with Crippen LogP contribution in [0.1, 0.15) is 26.2 Å². The predicted octanol–water partition coefficient (Wildman–Crippen LogP) is 1.40. The lowest BCUT2D eigenvalue weighted by Crippen LogP contribution is -2.50. The van der Waals surface area contributed by atoms with E-state index in [1.165, 1.54) is 0 Å². The predicted molar refractivity (Wildman–Crippen MR) is 58.7 cm³/mol. The van der Waals surface area contributed by atoms with E-state index in [0.717, 1.165) is 37.9 Å². The molecule has 3 fully saturated rings. The Balaban J connectivity index is 2.45. The van der Waals surface area contributed by atoms with Crippen molar-refractivity contribution in [2.75, 3.05) is 13.1 Å². The lowest BCUT2D eigenvalue weighted by molar-refractivity contribution is -0.132. The maximum atomic E-state index is 11.1. The molecule has 0 spiro atoms. The Bertz CT molecular complexity index is 373. The third-order valence-corrected chi connectivity index (χ3v) is 3.77. The number of piperidine rings is 3. The molecule has 0 saturated carbocycles. The van der Waals surface area contributed by atoms with Crippen LogP contribution in [0.5, 0.6) is 0 Å². The van der Waals surface area contributed by atoms with Gasteiger partial charge in [-0.15, -0.1) is 0 Å². The molecule has 0 radical (unpaired) electrons. The average Bonchev–Trinajstić information content (AvgIpc) is 2.30. The van der Waals surface area contributed by atoms with E-state index in [9.17, 15) is 4.79 Å². The second-order valence-corrected chi connectivity index (χ2v) is 4.48. The van der Waals surface area contributed by atoms with Crippen LogP contribution in [-0.4, -0.2) is 35.1 Å². The van der Waals surface area contributed by atoms with Gasteiger partial charge in [0.05, 0.1) is 0 Å². The zero-order valence-electron chi connectivity index (χ0n) is 9.44. The summed E-state index contributed by atoms with van der Waals surface area (Å²) in [6.07, 6.45) is 2.90. The highest BCUT2D eigenvalue weighted by molar-refractivity contribution is 5.92. The van der Waals surface area contributed by atoms with Crippen LogP contribution in [0, 0.1) is 17.2 Å². The SMILES string of the molecule is CCC1C(=C(C#N)C(=O)O)C2CCN1CC2. The molecule has 4 nitrogen and oxygen atoms in total. The van der Waals surface area contributed by atoms with E-state index in [1.54, 1.807) is 0 Å². The first-order chi connectivity index (χ1) is 7.69. The van der Waals surface area contributed by atoms with Crippen LogP contribution in [0.4, 0.5) is 0 Å². The molecule has 0 aliphatic carbocycles. The number of hydrogen-bond donors (Lipinski definition) is 1. The number of carboxylic acid groups (broad SMARTS) is 1. The molecule has 3 aliphatic rings. The van der Waals surface area contributed by atoms with Crippen molar-refractivity contribution in [3.63, 3.8) is 0 Å². The average molecular weight is 220 g/mol. The molecule has 3 aliphatic heterocycles. The largest absolute Gasteiger partial charge is 0.477 e. The number of carbonyl (C=O) groups is 1. The molecule has 4 heteroatoms. The second-order valence-electron chi connectivity index (χ2n) is 4.48. The van der Waals surface area contributed by atoms with Gasteiger partial charge in [0.1, 0.15) is 11.6 Å². The molecular weight excluding hydrogens is 204 g/mol. The highest BCUT2D eigenvalue weighted by atomic mass is 16.4. The number of fused-ring (bicyclic) bond motifs is 3. The van der Waals surface area contributed by atoms with E-state index in [0.29, 0.717) is 5.92 Å². The van der Waals surface area contributed by atoms with Gasteiger partial charge in [-0.3, -0.25) is 4.90 Å². The number of rotatable bonds is 2. The standard InChI is InChI=1S/C12H16N2O2/c1-2-10-11(9(7-13)12(15)16)8-3-5-14(10)6-4-8/h8,10H,2-6H2,1H3,(H,15,16). The minimum atomic E-state index is -1.07. The molecule has 1 N–H and O–H groups in total. The van der Waals surface area contributed by atoms with Crippen molar-refractivity contribution in [2.45, 2.75) is 32.2 Å². The van der Waals surface area contributed by atoms with Gasteiger partial charge in [0.2, 0.25) is 0 Å². The Kier molecular flexibility index (Phi) is 2.97. The zero-order chi connectivity index (χ0) is 11.7. The molecule has 0 aromatic carbocycles. The summed E-state index contributed by atoms with van der Waals surface area (Å²) in [4.78, 5) is 13.4. The van der Waals surface area contributed by atoms with Crippen LogP contribution in [0.15, 0.2) is 11.1 Å². The van der Waals surface area contributed by atoms with Gasteiger partial charge in [-0.05, 0) is 43.8 Å². The van der Waals surface area contributed by atoms with Crippen molar-refractivity contribution in [2.24, 2.45) is 5.92 Å². The van der Waals surface area contributed by atoms with Crippen LogP contribution in [0.3, 0.4) is 0 Å². The summed E-state index contributed by atoms with van der Waals surface area (Å²) in [6.45, 7) is 4.15. The van der Waals surface area contributed by atoms with Crippen LogP contribution < -0.4 is 0 Å². The van der Waals surface area contributed by atoms with Gasteiger partial charge in [-0.25, -0.2) is 4.79 Å². The molecule has 3 saturated heterocycles. The fraction of sp³-hybridized carbons (Fsp3) is 0.667. The van der Waals surface area contributed by atoms with Gasteiger partial charge in [0.25, 0.3) is 0 Å². The maximum Gasteiger partial charge on any atom is 0.346 e. The zero-order valence-corrected chi connectivity index (χ0v) is 9.44. The van der Waals surface area contributed by atoms with E-state index < -0.39 is 5.97 Å². The molecule has 16 heavy (non-hydrogen) atoms. The third kappa shape index (κ3) is 1.61. The quantitative estimate of drug-likeness (QED) is 0.564. The number of nitriles is 1. The highest BCUT2D eigenvalue weighted by Crippen LogP contribution is 2.39. The molecule has 1 atom stereocenters. The van der Waals surface area contributed by atoms with Gasteiger partial charge in [0.15, 0.2) is 0 Å². The second kappa shape index (κ2) is 4.26. The summed E-state index contributed by atoms with van der Waals surface area (Å²) < 4.78 is 0. The molecule has 1 unspecified atom stereocenters. The van der Waals surface area contributed by atoms with E-state index in [4.69, 9.17) is 10.4 Å². The molecule has 3 heterocycles. The summed E-state index contributed by atoms with van der Waals surface area (Å²) in [6, 6.07) is 2.05. The first-order valence-corrected chi connectivity index (χ1v) is 5.80. The van der Waals surface area contributed by atoms with Gasteiger partial charge < -0.3 is 5.11 Å². The van der Waals surface area contributed by atoms with E-state index in [1.807, 2.05) is 6.07 Å². The van der Waals surface area contributed by atoms with Crippen molar-refractivity contribution >= 4 is 5.97 Å². The molecule has 2 bridgehead atoms. The molecular formula is C12H16N2O2. The Morgan fingerprint density at radius 2 is 2.19 bits per heavy atom.